The first-order chi connectivity index (χ1) is 71.5. The van der Waals surface area contributed by atoms with E-state index in [2.05, 4.69) is 517 Å². The fraction of sp³-hybridized carbons (Fsp3) is 0. The number of nitrogens with zero attached hydrogens (tertiary/aromatic N) is 3. The average Bonchev–Trinajstić information content (AvgIpc) is 1.50. The van der Waals surface area contributed by atoms with Crippen molar-refractivity contribution in [3.63, 3.8) is 0 Å². The third-order valence-corrected chi connectivity index (χ3v) is 30.4. The molecule has 0 atom stereocenters. The van der Waals surface area contributed by atoms with Gasteiger partial charge in [-0.05, 0) is 188 Å². The summed E-state index contributed by atoms with van der Waals surface area (Å²) in [5.41, 5.74) is 27.5. The van der Waals surface area contributed by atoms with Crippen molar-refractivity contribution in [2.45, 2.75) is 0 Å². The molecular formula is C138H83N3O3. The van der Waals surface area contributed by atoms with E-state index in [1.54, 1.807) is 0 Å². The van der Waals surface area contributed by atoms with Crippen LogP contribution in [0, 0.1) is 0 Å². The number of benzene rings is 26. The molecule has 0 fully saturated rings. The Labute approximate surface area is 825 Å². The number of rotatable bonds is 8. The van der Waals surface area contributed by atoms with Gasteiger partial charge in [0.15, 0.2) is 16.7 Å². The standard InChI is InChI=1S/2C48H29NO.C42H25NO/c1-3-15-30(16-4-1)32-27-33(31-17-5-2-6-18-31)29-34(28-32)49-41-25-13-11-23-39(41)45-43-37-21-9-7-19-35(37)36-20-8-10-22-38(36)44(43)46-40-24-12-14-26-42(40)50-48(46)47(45)49;1-2-12-30(13-3-1)31-22-24-32(25-23-31)33-26-28-34(29-27-33)49-41-20-10-8-18-39(41)45-43-37-16-6-4-14-35(37)36-15-5-7-17-38(36)44(43)46-40-19-9-11-21-42(40)50-48(46)47(45)49;1-2-14-26(15-3-1)27-16-8-11-23-34(27)43-35-24-12-9-21-32(35)39-37-30-19-6-4-17-28(30)29-18-5-7-20-31(29)38(37)40-33-22-10-13-25-36(33)44-42(40)41(39)43/h2*1-29H;1-25H. The molecule has 6 aromatic heterocycles. The second-order valence-electron chi connectivity index (χ2n) is 38.0. The van der Waals surface area contributed by atoms with E-state index in [-0.39, 0.29) is 0 Å². The third kappa shape index (κ3) is 12.1. The minimum atomic E-state index is 0.897. The predicted molar refractivity (Wildman–Crippen MR) is 609 cm³/mol. The molecule has 0 aliphatic rings. The first kappa shape index (κ1) is 80.9. The Morgan fingerprint density at radius 1 is 0.132 bits per heavy atom. The Morgan fingerprint density at radius 3 is 0.701 bits per heavy atom. The number of fused-ring (bicyclic) bond motifs is 45. The highest BCUT2D eigenvalue weighted by molar-refractivity contribution is 6.48. The maximum Gasteiger partial charge on any atom is 0.160 e. The second kappa shape index (κ2) is 32.2. The van der Waals surface area contributed by atoms with E-state index in [0.29, 0.717) is 0 Å². The molecule has 0 N–H and O–H groups in total. The molecule has 32 aromatic rings. The molecule has 6 heteroatoms. The summed E-state index contributed by atoms with van der Waals surface area (Å²) in [6.07, 6.45) is 0. The molecule has 6 nitrogen and oxygen atoms in total. The number of hydrogen-bond acceptors (Lipinski definition) is 3. The summed E-state index contributed by atoms with van der Waals surface area (Å²) in [6.45, 7) is 0. The molecule has 0 bridgehead atoms. The zero-order valence-electron chi connectivity index (χ0n) is 78.0. The van der Waals surface area contributed by atoms with Crippen molar-refractivity contribution >= 4 is 228 Å². The molecule has 0 aliphatic carbocycles. The van der Waals surface area contributed by atoms with Gasteiger partial charge in [-0.25, -0.2) is 0 Å². The van der Waals surface area contributed by atoms with Crippen LogP contribution in [0.15, 0.2) is 517 Å². The zero-order valence-corrected chi connectivity index (χ0v) is 78.0. The monoisotopic (exact) mass is 1830 g/mol. The molecule has 0 radical (unpaired) electrons. The first-order valence-electron chi connectivity index (χ1n) is 49.5. The van der Waals surface area contributed by atoms with Crippen LogP contribution in [-0.4, -0.2) is 13.7 Å². The van der Waals surface area contributed by atoms with Gasteiger partial charge in [-0.2, -0.15) is 0 Å². The van der Waals surface area contributed by atoms with Crippen LogP contribution in [0.25, 0.3) is 301 Å². The quantitative estimate of drug-likeness (QED) is 0.143. The SMILES string of the molecule is c1ccc(-c2cc(-c3ccccc3)cc(-n3c4ccccc4c4c5c6ccccc6c6ccccc6c5c5c6ccccc6oc5c43)c2)cc1.c1ccc(-c2ccc(-c3ccc(-n4c5ccccc5c5c6c7ccccc7c7ccccc7c6c6c7ccccc7oc6c54)cc3)cc2)cc1.c1ccc(-c2ccccc2-n2c3ccccc3c3c4c5ccccc5c5ccccc5c4c4c5ccccc5oc4c32)cc1. The summed E-state index contributed by atoms with van der Waals surface area (Å²) in [5.74, 6) is 0. The summed E-state index contributed by atoms with van der Waals surface area (Å²) < 4.78 is 28.3. The van der Waals surface area contributed by atoms with Gasteiger partial charge in [0.25, 0.3) is 0 Å². The Hall–Kier alpha value is -19.1. The van der Waals surface area contributed by atoms with E-state index in [9.17, 15) is 0 Å². The molecule has 144 heavy (non-hydrogen) atoms. The van der Waals surface area contributed by atoms with Gasteiger partial charge in [-0.3, -0.25) is 0 Å². The second-order valence-corrected chi connectivity index (χ2v) is 38.0. The van der Waals surface area contributed by atoms with E-state index < -0.39 is 0 Å². The molecule has 0 spiro atoms. The predicted octanol–water partition coefficient (Wildman–Crippen LogP) is 38.8. The van der Waals surface area contributed by atoms with Gasteiger partial charge in [-0.1, -0.05) is 431 Å². The van der Waals surface area contributed by atoms with Crippen LogP contribution in [0.5, 0.6) is 0 Å². The third-order valence-electron chi connectivity index (χ3n) is 30.4. The minimum Gasteiger partial charge on any atom is -0.454 e. The van der Waals surface area contributed by atoms with Crippen LogP contribution in [0.1, 0.15) is 0 Å². The van der Waals surface area contributed by atoms with Crippen LogP contribution < -0.4 is 0 Å². The van der Waals surface area contributed by atoms with Gasteiger partial charge in [0.05, 0.1) is 38.8 Å². The van der Waals surface area contributed by atoms with Crippen LogP contribution in [0.3, 0.4) is 0 Å². The van der Waals surface area contributed by atoms with Crippen LogP contribution in [-0.2, 0) is 0 Å². The number of aromatic nitrogens is 3. The van der Waals surface area contributed by atoms with Crippen molar-refractivity contribution < 1.29 is 13.3 Å². The van der Waals surface area contributed by atoms with Gasteiger partial charge >= 0.3 is 0 Å². The zero-order chi connectivity index (χ0) is 94.3. The largest absolute Gasteiger partial charge is 0.454 e. The maximum absolute atomic E-state index is 7.04. The Morgan fingerprint density at radius 2 is 0.361 bits per heavy atom. The highest BCUT2D eigenvalue weighted by atomic mass is 16.3. The molecule has 32 rings (SSSR count). The van der Waals surface area contributed by atoms with Gasteiger partial charge in [0, 0.05) is 114 Å². The van der Waals surface area contributed by atoms with Crippen molar-refractivity contribution in [3.05, 3.63) is 504 Å². The molecule has 0 saturated heterocycles. The van der Waals surface area contributed by atoms with Gasteiger partial charge in [0.1, 0.15) is 16.7 Å². The first-order valence-corrected chi connectivity index (χ1v) is 49.5. The van der Waals surface area contributed by atoms with E-state index >= 15 is 0 Å². The van der Waals surface area contributed by atoms with Crippen LogP contribution in [0.2, 0.25) is 0 Å². The highest BCUT2D eigenvalue weighted by Gasteiger charge is 2.32. The molecule has 6 heterocycles. The molecule has 0 saturated carbocycles. The Kier molecular flexibility index (Phi) is 18.1. The number of hydrogen-bond donors (Lipinski definition) is 0. The summed E-state index contributed by atoms with van der Waals surface area (Å²) in [7, 11) is 0. The summed E-state index contributed by atoms with van der Waals surface area (Å²) in [6, 6.07) is 181. The van der Waals surface area contributed by atoms with Crippen molar-refractivity contribution in [2.75, 3.05) is 0 Å². The fourth-order valence-electron chi connectivity index (χ4n) is 24.4. The van der Waals surface area contributed by atoms with Crippen molar-refractivity contribution in [3.8, 4) is 72.7 Å². The van der Waals surface area contributed by atoms with Gasteiger partial charge in [0.2, 0.25) is 0 Å². The van der Waals surface area contributed by atoms with Crippen LogP contribution >= 0.6 is 0 Å². The molecular weight excluding hydrogens is 1750 g/mol. The van der Waals surface area contributed by atoms with E-state index in [1.807, 2.05) is 0 Å². The molecule has 0 unspecified atom stereocenters. The normalized spacial score (nSPS) is 12.0. The lowest BCUT2D eigenvalue weighted by Gasteiger charge is -2.16. The van der Waals surface area contributed by atoms with Crippen molar-refractivity contribution in [2.24, 2.45) is 0 Å². The van der Waals surface area contributed by atoms with Gasteiger partial charge in [-0.15, -0.1) is 0 Å². The van der Waals surface area contributed by atoms with E-state index in [1.165, 1.54) is 196 Å². The Bertz CT molecular complexity index is 10900. The molecule has 0 amide bonds. The Balaban J connectivity index is 0.000000101. The maximum atomic E-state index is 7.04. The smallest absolute Gasteiger partial charge is 0.160 e. The van der Waals surface area contributed by atoms with E-state index in [0.717, 1.165) is 105 Å². The molecule has 668 valence electrons. The molecule has 0 aliphatic heterocycles. The van der Waals surface area contributed by atoms with E-state index in [4.69, 9.17) is 13.3 Å². The van der Waals surface area contributed by atoms with Crippen LogP contribution in [0.4, 0.5) is 0 Å². The van der Waals surface area contributed by atoms with Gasteiger partial charge < -0.3 is 27.0 Å². The topological polar surface area (TPSA) is 54.2 Å². The summed E-state index contributed by atoms with van der Waals surface area (Å²) in [4.78, 5) is 0. The highest BCUT2D eigenvalue weighted by Crippen LogP contribution is 2.56. The summed E-state index contributed by atoms with van der Waals surface area (Å²) >= 11 is 0. The lowest BCUT2D eigenvalue weighted by Crippen LogP contribution is -1.97. The lowest BCUT2D eigenvalue weighted by atomic mass is 9.89. The minimum absolute atomic E-state index is 0.897. The molecule has 26 aromatic carbocycles. The number of para-hydroxylation sites is 7. The average molecular weight is 1830 g/mol. The van der Waals surface area contributed by atoms with Crippen molar-refractivity contribution in [1.29, 1.82) is 0 Å². The number of furan rings is 3. The summed E-state index contributed by atoms with van der Waals surface area (Å²) in [5, 5.41) is 36.9. The lowest BCUT2D eigenvalue weighted by molar-refractivity contribution is 0.671. The fourth-order valence-corrected chi connectivity index (χ4v) is 24.4. The van der Waals surface area contributed by atoms with Crippen molar-refractivity contribution in [1.82, 2.24) is 13.7 Å².